The van der Waals surface area contributed by atoms with Gasteiger partial charge in [0.2, 0.25) is 0 Å². The Bertz CT molecular complexity index is 358. The predicted molar refractivity (Wildman–Crippen MR) is 55.2 cm³/mol. The van der Waals surface area contributed by atoms with E-state index >= 15 is 0 Å². The maximum absolute atomic E-state index is 9.80. The summed E-state index contributed by atoms with van der Waals surface area (Å²) in [5.74, 6) is 0. The molecule has 1 aromatic rings. The molecule has 0 fully saturated rings. The Morgan fingerprint density at radius 2 is 1.79 bits per heavy atom. The SMILES string of the molecule is Cc1cc2c(cc1C)C(O)C(O)CC2. The molecular weight excluding hydrogens is 176 g/mol. The van der Waals surface area contributed by atoms with Gasteiger partial charge >= 0.3 is 0 Å². The molecule has 1 aliphatic rings. The first-order valence-electron chi connectivity index (χ1n) is 5.05. The molecular formula is C12H16O2. The first-order chi connectivity index (χ1) is 6.59. The number of aliphatic hydroxyl groups excluding tert-OH is 2. The van der Waals surface area contributed by atoms with Crippen molar-refractivity contribution in [2.24, 2.45) is 0 Å². The lowest BCUT2D eigenvalue weighted by atomic mass is 9.85. The lowest BCUT2D eigenvalue weighted by Gasteiger charge is -2.27. The average molecular weight is 192 g/mol. The first-order valence-corrected chi connectivity index (χ1v) is 5.05. The van der Waals surface area contributed by atoms with Crippen LogP contribution in [0.15, 0.2) is 12.1 Å². The van der Waals surface area contributed by atoms with Crippen LogP contribution in [0.3, 0.4) is 0 Å². The van der Waals surface area contributed by atoms with Crippen molar-refractivity contribution in [3.05, 3.63) is 34.4 Å². The second-order valence-corrected chi connectivity index (χ2v) is 4.19. The van der Waals surface area contributed by atoms with E-state index in [1.54, 1.807) is 0 Å². The smallest absolute Gasteiger partial charge is 0.105 e. The van der Waals surface area contributed by atoms with Gasteiger partial charge in [-0.25, -0.2) is 0 Å². The minimum Gasteiger partial charge on any atom is -0.390 e. The van der Waals surface area contributed by atoms with Gasteiger partial charge in [0.25, 0.3) is 0 Å². The highest BCUT2D eigenvalue weighted by Crippen LogP contribution is 2.31. The Morgan fingerprint density at radius 1 is 1.14 bits per heavy atom. The first kappa shape index (κ1) is 9.69. The second-order valence-electron chi connectivity index (χ2n) is 4.19. The fourth-order valence-electron chi connectivity index (χ4n) is 2.06. The van der Waals surface area contributed by atoms with Crippen molar-refractivity contribution in [2.45, 2.75) is 38.9 Å². The number of hydrogen-bond acceptors (Lipinski definition) is 2. The van der Waals surface area contributed by atoms with Gasteiger partial charge in [-0.2, -0.15) is 0 Å². The standard InChI is InChI=1S/C12H16O2/c1-7-5-9-3-4-11(13)12(14)10(9)6-8(7)2/h5-6,11-14H,3-4H2,1-2H3. The normalized spacial score (nSPS) is 26.0. The highest BCUT2D eigenvalue weighted by molar-refractivity contribution is 5.40. The van der Waals surface area contributed by atoms with E-state index in [2.05, 4.69) is 13.0 Å². The number of hydrogen-bond donors (Lipinski definition) is 2. The lowest BCUT2D eigenvalue weighted by molar-refractivity contribution is 0.00645. The minimum absolute atomic E-state index is 0.593. The van der Waals surface area contributed by atoms with Crippen molar-refractivity contribution in [3.8, 4) is 0 Å². The maximum Gasteiger partial charge on any atom is 0.105 e. The van der Waals surface area contributed by atoms with Gasteiger partial charge < -0.3 is 10.2 Å². The molecule has 0 radical (unpaired) electrons. The van der Waals surface area contributed by atoms with Gasteiger partial charge in [0, 0.05) is 0 Å². The van der Waals surface area contributed by atoms with E-state index in [0.29, 0.717) is 6.42 Å². The molecule has 76 valence electrons. The van der Waals surface area contributed by atoms with Crippen LogP contribution in [-0.2, 0) is 6.42 Å². The number of rotatable bonds is 0. The van der Waals surface area contributed by atoms with Crippen LogP contribution in [0.25, 0.3) is 0 Å². The van der Waals surface area contributed by atoms with Crippen LogP contribution in [0.2, 0.25) is 0 Å². The Morgan fingerprint density at radius 3 is 2.50 bits per heavy atom. The molecule has 0 aromatic heterocycles. The molecule has 0 amide bonds. The van der Waals surface area contributed by atoms with E-state index < -0.39 is 12.2 Å². The third-order valence-electron chi connectivity index (χ3n) is 3.15. The van der Waals surface area contributed by atoms with Crippen molar-refractivity contribution < 1.29 is 10.2 Å². The molecule has 0 bridgehead atoms. The second kappa shape index (κ2) is 3.37. The number of benzene rings is 1. The summed E-state index contributed by atoms with van der Waals surface area (Å²) in [5.41, 5.74) is 4.53. The quantitative estimate of drug-likeness (QED) is 0.656. The monoisotopic (exact) mass is 192 g/mol. The summed E-state index contributed by atoms with van der Waals surface area (Å²) in [5, 5.41) is 19.3. The minimum atomic E-state index is -0.696. The fraction of sp³-hybridized carbons (Fsp3) is 0.500. The van der Waals surface area contributed by atoms with Crippen LogP contribution < -0.4 is 0 Å². The molecule has 2 rings (SSSR count). The number of aryl methyl sites for hydroxylation is 3. The highest BCUT2D eigenvalue weighted by Gasteiger charge is 2.26. The van der Waals surface area contributed by atoms with E-state index in [1.807, 2.05) is 13.0 Å². The highest BCUT2D eigenvalue weighted by atomic mass is 16.3. The molecule has 0 saturated carbocycles. The van der Waals surface area contributed by atoms with E-state index in [4.69, 9.17) is 0 Å². The van der Waals surface area contributed by atoms with Crippen LogP contribution >= 0.6 is 0 Å². The molecule has 2 atom stereocenters. The van der Waals surface area contributed by atoms with E-state index in [9.17, 15) is 10.2 Å². The Labute approximate surface area is 84.2 Å². The van der Waals surface area contributed by atoms with Crippen molar-refractivity contribution in [1.82, 2.24) is 0 Å². The summed E-state index contributed by atoms with van der Waals surface area (Å²) < 4.78 is 0. The van der Waals surface area contributed by atoms with Crippen LogP contribution in [0.4, 0.5) is 0 Å². The van der Waals surface area contributed by atoms with E-state index in [0.717, 1.165) is 12.0 Å². The molecule has 1 aliphatic carbocycles. The molecule has 0 aliphatic heterocycles. The molecule has 1 aromatic carbocycles. The van der Waals surface area contributed by atoms with Crippen molar-refractivity contribution in [2.75, 3.05) is 0 Å². The topological polar surface area (TPSA) is 40.5 Å². The van der Waals surface area contributed by atoms with E-state index in [1.165, 1.54) is 16.7 Å². The summed E-state index contributed by atoms with van der Waals surface area (Å²) in [6, 6.07) is 4.12. The Balaban J connectivity index is 2.50. The zero-order valence-corrected chi connectivity index (χ0v) is 8.62. The predicted octanol–water partition coefficient (Wildman–Crippen LogP) is 1.64. The van der Waals surface area contributed by atoms with Crippen LogP contribution in [0.1, 0.15) is 34.8 Å². The summed E-state index contributed by atoms with van der Waals surface area (Å²) in [6.45, 7) is 4.11. The van der Waals surface area contributed by atoms with Gasteiger partial charge in [0.05, 0.1) is 6.10 Å². The molecule has 0 spiro atoms. The summed E-state index contributed by atoms with van der Waals surface area (Å²) in [7, 11) is 0. The molecule has 2 heteroatoms. The zero-order chi connectivity index (χ0) is 10.3. The van der Waals surface area contributed by atoms with Crippen LogP contribution in [0, 0.1) is 13.8 Å². The summed E-state index contributed by atoms with van der Waals surface area (Å²) in [4.78, 5) is 0. The van der Waals surface area contributed by atoms with Gasteiger partial charge in [-0.1, -0.05) is 12.1 Å². The van der Waals surface area contributed by atoms with Gasteiger partial charge in [0.1, 0.15) is 6.10 Å². The number of fused-ring (bicyclic) bond motifs is 1. The molecule has 14 heavy (non-hydrogen) atoms. The summed E-state index contributed by atoms with van der Waals surface area (Å²) >= 11 is 0. The molecule has 2 N–H and O–H groups in total. The van der Waals surface area contributed by atoms with Crippen LogP contribution in [0.5, 0.6) is 0 Å². The number of aliphatic hydroxyl groups is 2. The van der Waals surface area contributed by atoms with Gasteiger partial charge in [-0.3, -0.25) is 0 Å². The Kier molecular flexibility index (Phi) is 2.33. The van der Waals surface area contributed by atoms with E-state index in [-0.39, 0.29) is 0 Å². The summed E-state index contributed by atoms with van der Waals surface area (Å²) in [6.07, 6.45) is 0.244. The third-order valence-corrected chi connectivity index (χ3v) is 3.15. The molecule has 0 heterocycles. The van der Waals surface area contributed by atoms with Crippen molar-refractivity contribution in [1.29, 1.82) is 0 Å². The van der Waals surface area contributed by atoms with Crippen LogP contribution in [-0.4, -0.2) is 16.3 Å². The van der Waals surface area contributed by atoms with Gasteiger partial charge in [-0.15, -0.1) is 0 Å². The third kappa shape index (κ3) is 1.45. The van der Waals surface area contributed by atoms with Gasteiger partial charge in [0.15, 0.2) is 0 Å². The maximum atomic E-state index is 9.80. The largest absolute Gasteiger partial charge is 0.390 e. The average Bonchev–Trinajstić information content (AvgIpc) is 2.15. The van der Waals surface area contributed by atoms with Crippen molar-refractivity contribution >= 4 is 0 Å². The fourth-order valence-corrected chi connectivity index (χ4v) is 2.06. The lowest BCUT2D eigenvalue weighted by Crippen LogP contribution is -2.25. The molecule has 0 saturated heterocycles. The van der Waals surface area contributed by atoms with Gasteiger partial charge in [-0.05, 0) is 48.9 Å². The zero-order valence-electron chi connectivity index (χ0n) is 8.62. The molecule has 2 unspecified atom stereocenters. The molecule has 2 nitrogen and oxygen atoms in total. The van der Waals surface area contributed by atoms with Crippen molar-refractivity contribution in [3.63, 3.8) is 0 Å². The Hall–Kier alpha value is -0.860.